The zero-order valence-corrected chi connectivity index (χ0v) is 15.4. The number of carbonyl (C=O) groups excluding carboxylic acids is 1. The lowest BCUT2D eigenvalue weighted by Gasteiger charge is -2.33. The first-order valence-corrected chi connectivity index (χ1v) is 9.65. The van der Waals surface area contributed by atoms with Crippen LogP contribution in [0.25, 0.3) is 11.0 Å². The van der Waals surface area contributed by atoms with Gasteiger partial charge in [-0.1, -0.05) is 12.1 Å². The molecule has 2 aliphatic rings. The van der Waals surface area contributed by atoms with E-state index in [-0.39, 0.29) is 11.5 Å². The quantitative estimate of drug-likeness (QED) is 0.795. The average Bonchev–Trinajstić information content (AvgIpc) is 3.16. The molecule has 3 heterocycles. The maximum absolute atomic E-state index is 12.6. The van der Waals surface area contributed by atoms with Crippen LogP contribution in [0.15, 0.2) is 33.5 Å². The fourth-order valence-electron chi connectivity index (χ4n) is 4.24. The molecule has 5 heteroatoms. The van der Waals surface area contributed by atoms with Gasteiger partial charge < -0.3 is 9.32 Å². The summed E-state index contributed by atoms with van der Waals surface area (Å²) in [4.78, 5) is 28.9. The van der Waals surface area contributed by atoms with Crippen molar-refractivity contribution in [2.45, 2.75) is 39.2 Å². The number of nitrogens with zero attached hydrogens (tertiary/aromatic N) is 2. The fraction of sp³-hybridized carbons (Fsp3) is 0.524. The number of benzene rings is 1. The molecule has 2 fully saturated rings. The summed E-state index contributed by atoms with van der Waals surface area (Å²) in [6.07, 6.45) is 4.11. The van der Waals surface area contributed by atoms with Gasteiger partial charge in [0.15, 0.2) is 0 Å². The molecule has 1 amide bonds. The third-order valence-corrected chi connectivity index (χ3v) is 5.73. The zero-order chi connectivity index (χ0) is 18.1. The van der Waals surface area contributed by atoms with E-state index in [1.54, 1.807) is 6.07 Å². The average molecular weight is 354 g/mol. The van der Waals surface area contributed by atoms with Gasteiger partial charge in [-0.2, -0.15) is 0 Å². The highest BCUT2D eigenvalue weighted by molar-refractivity contribution is 5.81. The number of hydrogen-bond acceptors (Lipinski definition) is 4. The Hall–Kier alpha value is -2.14. The Kier molecular flexibility index (Phi) is 4.81. The van der Waals surface area contributed by atoms with Gasteiger partial charge in [0.2, 0.25) is 5.91 Å². The Morgan fingerprint density at radius 3 is 2.58 bits per heavy atom. The van der Waals surface area contributed by atoms with Crippen LogP contribution in [0, 0.1) is 12.8 Å². The van der Waals surface area contributed by atoms with Gasteiger partial charge in [-0.15, -0.1) is 0 Å². The molecule has 0 radical (unpaired) electrons. The summed E-state index contributed by atoms with van der Waals surface area (Å²) in [7, 11) is 0. The van der Waals surface area contributed by atoms with Crippen molar-refractivity contribution in [1.29, 1.82) is 0 Å². The van der Waals surface area contributed by atoms with Crippen molar-refractivity contribution < 1.29 is 9.21 Å². The third-order valence-electron chi connectivity index (χ3n) is 5.73. The van der Waals surface area contributed by atoms with Gasteiger partial charge in [-0.05, 0) is 62.9 Å². The maximum Gasteiger partial charge on any atom is 0.336 e. The van der Waals surface area contributed by atoms with E-state index in [1.807, 2.05) is 30.0 Å². The largest absolute Gasteiger partial charge is 0.423 e. The fourth-order valence-corrected chi connectivity index (χ4v) is 4.24. The molecule has 0 aliphatic carbocycles. The van der Waals surface area contributed by atoms with Crippen LogP contribution in [0.5, 0.6) is 0 Å². The normalized spacial score (nSPS) is 19.3. The third kappa shape index (κ3) is 3.54. The lowest BCUT2D eigenvalue weighted by molar-refractivity contribution is -0.136. The molecule has 0 bridgehead atoms. The number of amides is 1. The van der Waals surface area contributed by atoms with Crippen molar-refractivity contribution in [2.75, 3.05) is 26.2 Å². The van der Waals surface area contributed by atoms with Gasteiger partial charge in [0, 0.05) is 37.0 Å². The van der Waals surface area contributed by atoms with Crippen molar-refractivity contribution in [2.24, 2.45) is 5.92 Å². The molecule has 26 heavy (non-hydrogen) atoms. The highest BCUT2D eigenvalue weighted by atomic mass is 16.4. The first-order valence-electron chi connectivity index (χ1n) is 9.65. The van der Waals surface area contributed by atoms with Gasteiger partial charge in [-0.25, -0.2) is 4.79 Å². The number of aryl methyl sites for hydroxylation is 1. The molecule has 1 aromatic heterocycles. The minimum atomic E-state index is -0.294. The second kappa shape index (κ2) is 7.23. The van der Waals surface area contributed by atoms with Crippen molar-refractivity contribution in [3.05, 3.63) is 45.8 Å². The number of hydrogen-bond donors (Lipinski definition) is 0. The van der Waals surface area contributed by atoms with E-state index in [0.29, 0.717) is 11.5 Å². The Bertz CT molecular complexity index is 859. The molecule has 4 rings (SSSR count). The summed E-state index contributed by atoms with van der Waals surface area (Å²) in [6.45, 7) is 6.40. The molecule has 0 spiro atoms. The van der Waals surface area contributed by atoms with E-state index >= 15 is 0 Å². The van der Waals surface area contributed by atoms with Crippen molar-refractivity contribution >= 4 is 16.9 Å². The van der Waals surface area contributed by atoms with Gasteiger partial charge in [0.05, 0.1) is 0 Å². The van der Waals surface area contributed by atoms with Crippen LogP contribution in [0.1, 0.15) is 36.8 Å². The van der Waals surface area contributed by atoms with E-state index in [1.165, 1.54) is 0 Å². The smallest absolute Gasteiger partial charge is 0.336 e. The number of rotatable bonds is 3. The molecule has 0 saturated carbocycles. The molecular weight excluding hydrogens is 328 g/mol. The Balaban J connectivity index is 1.44. The van der Waals surface area contributed by atoms with Gasteiger partial charge in [-0.3, -0.25) is 9.69 Å². The maximum atomic E-state index is 12.6. The lowest BCUT2D eigenvalue weighted by Crippen LogP contribution is -2.41. The SMILES string of the molecule is Cc1ccc2c(CN3CCC(C(=O)N4CCCC4)CC3)cc(=O)oc2c1. The first kappa shape index (κ1) is 17.3. The minimum absolute atomic E-state index is 0.171. The molecule has 1 aromatic carbocycles. The summed E-state index contributed by atoms with van der Waals surface area (Å²) >= 11 is 0. The first-order chi connectivity index (χ1) is 12.6. The Labute approximate surface area is 153 Å². The van der Waals surface area contributed by atoms with Gasteiger partial charge in [0.25, 0.3) is 0 Å². The molecule has 2 aliphatic heterocycles. The summed E-state index contributed by atoms with van der Waals surface area (Å²) in [5, 5.41) is 1.01. The molecule has 2 saturated heterocycles. The van der Waals surface area contributed by atoms with Crippen LogP contribution in [-0.2, 0) is 11.3 Å². The van der Waals surface area contributed by atoms with E-state index in [9.17, 15) is 9.59 Å². The van der Waals surface area contributed by atoms with E-state index in [0.717, 1.165) is 74.9 Å². The van der Waals surface area contributed by atoms with Crippen LogP contribution in [-0.4, -0.2) is 41.9 Å². The number of piperidine rings is 1. The predicted octanol–water partition coefficient (Wildman–Crippen LogP) is 2.94. The van der Waals surface area contributed by atoms with Crippen LogP contribution < -0.4 is 5.63 Å². The molecular formula is C21H26N2O3. The van der Waals surface area contributed by atoms with Gasteiger partial charge in [0.1, 0.15) is 5.58 Å². The van der Waals surface area contributed by atoms with E-state index in [2.05, 4.69) is 4.90 Å². The topological polar surface area (TPSA) is 53.8 Å². The highest BCUT2D eigenvalue weighted by Gasteiger charge is 2.29. The summed E-state index contributed by atoms with van der Waals surface area (Å²) in [5.41, 5.74) is 2.46. The summed E-state index contributed by atoms with van der Waals surface area (Å²) in [6, 6.07) is 7.61. The zero-order valence-electron chi connectivity index (χ0n) is 15.4. The minimum Gasteiger partial charge on any atom is -0.423 e. The number of fused-ring (bicyclic) bond motifs is 1. The number of likely N-dealkylation sites (tertiary alicyclic amines) is 2. The second-order valence-corrected chi connectivity index (χ2v) is 7.67. The van der Waals surface area contributed by atoms with Gasteiger partial charge >= 0.3 is 5.63 Å². The van der Waals surface area contributed by atoms with E-state index < -0.39 is 0 Å². The summed E-state index contributed by atoms with van der Waals surface area (Å²) < 4.78 is 5.35. The lowest BCUT2D eigenvalue weighted by atomic mass is 9.95. The Morgan fingerprint density at radius 2 is 1.85 bits per heavy atom. The molecule has 0 atom stereocenters. The Morgan fingerprint density at radius 1 is 1.12 bits per heavy atom. The second-order valence-electron chi connectivity index (χ2n) is 7.67. The van der Waals surface area contributed by atoms with Crippen LogP contribution in [0.3, 0.4) is 0 Å². The molecule has 5 nitrogen and oxygen atoms in total. The van der Waals surface area contributed by atoms with Crippen LogP contribution in [0.4, 0.5) is 0 Å². The summed E-state index contributed by atoms with van der Waals surface area (Å²) in [5.74, 6) is 0.521. The van der Waals surface area contributed by atoms with Crippen LogP contribution >= 0.6 is 0 Å². The van der Waals surface area contributed by atoms with Crippen LogP contribution in [0.2, 0.25) is 0 Å². The molecule has 138 valence electrons. The van der Waals surface area contributed by atoms with Crippen molar-refractivity contribution in [3.8, 4) is 0 Å². The standard InChI is InChI=1S/C21H26N2O3/c1-15-4-5-18-17(13-20(24)26-19(18)12-15)14-22-10-6-16(7-11-22)21(25)23-8-2-3-9-23/h4-5,12-13,16H,2-3,6-11,14H2,1H3. The molecule has 0 unspecified atom stereocenters. The monoisotopic (exact) mass is 354 g/mol. The molecule has 2 aromatic rings. The number of carbonyl (C=O) groups is 1. The van der Waals surface area contributed by atoms with Crippen molar-refractivity contribution in [1.82, 2.24) is 9.80 Å². The highest BCUT2D eigenvalue weighted by Crippen LogP contribution is 2.25. The predicted molar refractivity (Wildman–Crippen MR) is 101 cm³/mol. The van der Waals surface area contributed by atoms with Crippen molar-refractivity contribution in [3.63, 3.8) is 0 Å². The van der Waals surface area contributed by atoms with E-state index in [4.69, 9.17) is 4.42 Å². The molecule has 0 N–H and O–H groups in total.